The van der Waals surface area contributed by atoms with E-state index in [1.54, 1.807) is 20.8 Å². The van der Waals surface area contributed by atoms with Crippen LogP contribution < -0.4 is 5.32 Å². The Balaban J connectivity index is 2.47. The summed E-state index contributed by atoms with van der Waals surface area (Å²) >= 11 is 0.607. The van der Waals surface area contributed by atoms with Crippen molar-refractivity contribution in [1.82, 2.24) is 10.3 Å². The average Bonchev–Trinajstić information content (AvgIpc) is 2.84. The van der Waals surface area contributed by atoms with Crippen LogP contribution in [0.25, 0.3) is 0 Å². The SMILES string of the molecule is CC(C)(C)OC(=O)NCCC(O)C(O)c1nc(C(F)(F)F)cs1. The van der Waals surface area contributed by atoms with Gasteiger partial charge >= 0.3 is 12.3 Å². The number of carbonyl (C=O) groups is 1. The quantitative estimate of drug-likeness (QED) is 0.754. The number of alkyl halides is 3. The van der Waals surface area contributed by atoms with Crippen LogP contribution in [-0.2, 0) is 10.9 Å². The first-order valence-electron chi connectivity index (χ1n) is 6.76. The van der Waals surface area contributed by atoms with E-state index in [4.69, 9.17) is 4.74 Å². The van der Waals surface area contributed by atoms with E-state index >= 15 is 0 Å². The minimum Gasteiger partial charge on any atom is -0.444 e. The molecule has 0 saturated heterocycles. The van der Waals surface area contributed by atoms with E-state index in [-0.39, 0.29) is 18.0 Å². The van der Waals surface area contributed by atoms with Crippen LogP contribution in [-0.4, -0.2) is 39.5 Å². The molecule has 0 fully saturated rings. The molecule has 0 radical (unpaired) electrons. The number of nitrogens with zero attached hydrogens (tertiary/aromatic N) is 1. The van der Waals surface area contributed by atoms with Crippen molar-refractivity contribution >= 4 is 17.4 Å². The van der Waals surface area contributed by atoms with Gasteiger partial charge in [0, 0.05) is 11.9 Å². The molecule has 3 N–H and O–H groups in total. The number of carbonyl (C=O) groups excluding carboxylic acids is 1. The zero-order valence-corrected chi connectivity index (χ0v) is 13.7. The van der Waals surface area contributed by atoms with Gasteiger partial charge in [0.15, 0.2) is 5.69 Å². The van der Waals surface area contributed by atoms with E-state index in [1.165, 1.54) is 0 Å². The van der Waals surface area contributed by atoms with Gasteiger partial charge in [-0.3, -0.25) is 0 Å². The number of halogens is 3. The summed E-state index contributed by atoms with van der Waals surface area (Å²) in [4.78, 5) is 14.6. The maximum atomic E-state index is 12.4. The molecule has 0 aromatic carbocycles. The van der Waals surface area contributed by atoms with Crippen LogP contribution in [0, 0.1) is 0 Å². The number of hydrogen-bond donors (Lipinski definition) is 3. The summed E-state index contributed by atoms with van der Waals surface area (Å²) in [5, 5.41) is 22.5. The highest BCUT2D eigenvalue weighted by atomic mass is 32.1. The Kier molecular flexibility index (Phi) is 6.37. The molecule has 0 spiro atoms. The second-order valence-corrected chi connectivity index (χ2v) is 6.69. The van der Waals surface area contributed by atoms with Gasteiger partial charge in [-0.15, -0.1) is 11.3 Å². The molecule has 0 aliphatic heterocycles. The number of aliphatic hydroxyl groups excluding tert-OH is 2. The Bertz CT molecular complexity index is 528. The Morgan fingerprint density at radius 2 is 2.00 bits per heavy atom. The third-order valence-electron chi connectivity index (χ3n) is 2.54. The summed E-state index contributed by atoms with van der Waals surface area (Å²) < 4.78 is 42.3. The van der Waals surface area contributed by atoms with Gasteiger partial charge < -0.3 is 20.3 Å². The molecular formula is C13H19F3N2O4S. The summed E-state index contributed by atoms with van der Waals surface area (Å²) in [7, 11) is 0. The molecule has 0 bridgehead atoms. The van der Waals surface area contributed by atoms with Crippen molar-refractivity contribution in [3.05, 3.63) is 16.1 Å². The minimum atomic E-state index is -4.60. The zero-order chi connectivity index (χ0) is 17.8. The summed E-state index contributed by atoms with van der Waals surface area (Å²) in [5.41, 5.74) is -1.78. The number of hydrogen-bond acceptors (Lipinski definition) is 6. The number of ether oxygens (including phenoxy) is 1. The number of alkyl carbamates (subject to hydrolysis) is 1. The fraction of sp³-hybridized carbons (Fsp3) is 0.692. The number of aliphatic hydroxyl groups is 2. The van der Waals surface area contributed by atoms with Crippen LogP contribution in [0.1, 0.15) is 44.0 Å². The van der Waals surface area contributed by atoms with E-state index in [2.05, 4.69) is 10.3 Å². The second-order valence-electron chi connectivity index (χ2n) is 5.80. The second kappa shape index (κ2) is 7.45. The molecule has 2 atom stereocenters. The van der Waals surface area contributed by atoms with Crippen LogP contribution in [0.3, 0.4) is 0 Å². The van der Waals surface area contributed by atoms with E-state index in [1.807, 2.05) is 0 Å². The van der Waals surface area contributed by atoms with Crippen molar-refractivity contribution < 1.29 is 32.9 Å². The minimum absolute atomic E-state index is 0.00928. The molecule has 1 heterocycles. The molecule has 2 unspecified atom stereocenters. The predicted octanol–water partition coefficient (Wildman–Crippen LogP) is 2.47. The largest absolute Gasteiger partial charge is 0.444 e. The van der Waals surface area contributed by atoms with E-state index in [9.17, 15) is 28.2 Å². The van der Waals surface area contributed by atoms with Crippen molar-refractivity contribution in [3.8, 4) is 0 Å². The van der Waals surface area contributed by atoms with Gasteiger partial charge in [0.1, 0.15) is 16.7 Å². The van der Waals surface area contributed by atoms with E-state index in [0.29, 0.717) is 11.3 Å². The standard InChI is InChI=1S/C13H19F3N2O4S/c1-12(2,3)22-11(21)17-5-4-7(19)9(20)10-18-8(6-23-10)13(14,15)16/h6-7,9,19-20H,4-5H2,1-3H3,(H,17,21). The summed E-state index contributed by atoms with van der Waals surface area (Å²) in [6.45, 7) is 5.05. The Morgan fingerprint density at radius 3 is 2.48 bits per heavy atom. The van der Waals surface area contributed by atoms with Gasteiger partial charge in [-0.1, -0.05) is 0 Å². The molecule has 0 aliphatic rings. The summed E-state index contributed by atoms with van der Waals surface area (Å²) in [6.07, 6.45) is -8.28. The maximum absolute atomic E-state index is 12.4. The third-order valence-corrected chi connectivity index (χ3v) is 3.45. The number of nitrogens with one attached hydrogen (secondary N) is 1. The molecule has 132 valence electrons. The Morgan fingerprint density at radius 1 is 1.39 bits per heavy atom. The number of amides is 1. The molecule has 1 aromatic rings. The average molecular weight is 356 g/mol. The highest BCUT2D eigenvalue weighted by Crippen LogP contribution is 2.32. The Hall–Kier alpha value is -1.39. The van der Waals surface area contributed by atoms with Crippen LogP contribution in [0.2, 0.25) is 0 Å². The predicted molar refractivity (Wildman–Crippen MR) is 76.9 cm³/mol. The normalized spacial score (nSPS) is 15.1. The fourth-order valence-electron chi connectivity index (χ4n) is 1.51. The van der Waals surface area contributed by atoms with E-state index < -0.39 is 35.8 Å². The topological polar surface area (TPSA) is 91.7 Å². The van der Waals surface area contributed by atoms with Crippen molar-refractivity contribution in [1.29, 1.82) is 0 Å². The van der Waals surface area contributed by atoms with Crippen molar-refractivity contribution in [3.63, 3.8) is 0 Å². The number of aromatic nitrogens is 1. The van der Waals surface area contributed by atoms with Crippen LogP contribution in [0.5, 0.6) is 0 Å². The van der Waals surface area contributed by atoms with Crippen LogP contribution in [0.4, 0.5) is 18.0 Å². The van der Waals surface area contributed by atoms with Gasteiger partial charge in [0.2, 0.25) is 0 Å². The van der Waals surface area contributed by atoms with Crippen molar-refractivity contribution in [2.24, 2.45) is 0 Å². The van der Waals surface area contributed by atoms with Crippen molar-refractivity contribution in [2.75, 3.05) is 6.54 Å². The monoisotopic (exact) mass is 356 g/mol. The fourth-order valence-corrected chi connectivity index (χ4v) is 2.38. The molecule has 23 heavy (non-hydrogen) atoms. The number of thiazole rings is 1. The maximum Gasteiger partial charge on any atom is 0.434 e. The lowest BCUT2D eigenvalue weighted by Crippen LogP contribution is -2.34. The summed E-state index contributed by atoms with van der Waals surface area (Å²) in [5.74, 6) is 0. The van der Waals surface area contributed by atoms with Gasteiger partial charge in [-0.25, -0.2) is 9.78 Å². The zero-order valence-electron chi connectivity index (χ0n) is 12.8. The molecule has 1 rings (SSSR count). The van der Waals surface area contributed by atoms with Crippen LogP contribution >= 0.6 is 11.3 Å². The molecule has 1 amide bonds. The summed E-state index contributed by atoms with van der Waals surface area (Å²) in [6, 6.07) is 0. The van der Waals surface area contributed by atoms with E-state index in [0.717, 1.165) is 5.38 Å². The highest BCUT2D eigenvalue weighted by molar-refractivity contribution is 7.09. The lowest BCUT2D eigenvalue weighted by atomic mass is 10.1. The third kappa shape index (κ3) is 6.71. The molecule has 6 nitrogen and oxygen atoms in total. The lowest BCUT2D eigenvalue weighted by molar-refractivity contribution is -0.141. The molecule has 0 aliphatic carbocycles. The first-order valence-corrected chi connectivity index (χ1v) is 7.63. The lowest BCUT2D eigenvalue weighted by Gasteiger charge is -2.20. The van der Waals surface area contributed by atoms with Gasteiger partial charge in [-0.2, -0.15) is 13.2 Å². The smallest absolute Gasteiger partial charge is 0.434 e. The first-order chi connectivity index (χ1) is 10.4. The first kappa shape index (κ1) is 19.7. The molecular weight excluding hydrogens is 337 g/mol. The van der Waals surface area contributed by atoms with Gasteiger partial charge in [0.05, 0.1) is 6.10 Å². The molecule has 1 aromatic heterocycles. The van der Waals surface area contributed by atoms with Gasteiger partial charge in [0.25, 0.3) is 0 Å². The van der Waals surface area contributed by atoms with Gasteiger partial charge in [-0.05, 0) is 27.2 Å². The molecule has 10 heteroatoms. The highest BCUT2D eigenvalue weighted by Gasteiger charge is 2.35. The molecule has 0 saturated carbocycles. The van der Waals surface area contributed by atoms with Crippen molar-refractivity contribution in [2.45, 2.75) is 51.2 Å². The number of rotatable bonds is 5. The Labute approximate surface area is 135 Å². The van der Waals surface area contributed by atoms with Crippen LogP contribution in [0.15, 0.2) is 5.38 Å².